The van der Waals surface area contributed by atoms with E-state index >= 15 is 0 Å². The van der Waals surface area contributed by atoms with Crippen molar-refractivity contribution >= 4 is 11.9 Å². The normalized spacial score (nSPS) is 14.5. The molecule has 33 heavy (non-hydrogen) atoms. The average molecular weight is 479 g/mol. The van der Waals surface area contributed by atoms with E-state index < -0.39 is 36.3 Å². The van der Waals surface area contributed by atoms with Gasteiger partial charge < -0.3 is 41.4 Å². The summed E-state index contributed by atoms with van der Waals surface area (Å²) in [6.45, 7) is 5.82. The second-order valence-electron chi connectivity index (χ2n) is 8.58. The highest BCUT2D eigenvalue weighted by atomic mass is 16.4. The molecule has 198 valence electrons. The summed E-state index contributed by atoms with van der Waals surface area (Å²) >= 11 is 0. The number of carbonyl (C=O) groups is 2. The molecule has 0 aromatic rings. The number of nitrogens with one attached hydrogen (secondary N) is 1. The Labute approximate surface area is 199 Å². The van der Waals surface area contributed by atoms with Crippen molar-refractivity contribution in [1.29, 1.82) is 0 Å². The van der Waals surface area contributed by atoms with Crippen LogP contribution in [0.1, 0.15) is 104 Å². The molecule has 9 heteroatoms. The first-order valence-corrected chi connectivity index (χ1v) is 12.7. The Bertz CT molecular complexity index is 458. The number of hydrogen-bond acceptors (Lipinski definition) is 7. The maximum Gasteiger partial charge on any atom is 0.251 e. The van der Waals surface area contributed by atoms with Crippen LogP contribution in [0.5, 0.6) is 0 Å². The lowest BCUT2D eigenvalue weighted by Gasteiger charge is -2.26. The number of carboxylic acid groups (broad SMARTS) is 1. The van der Waals surface area contributed by atoms with Crippen LogP contribution in [0.25, 0.3) is 0 Å². The second kappa shape index (κ2) is 23.9. The number of quaternary nitrogens is 1. The molecule has 0 saturated carbocycles. The predicted molar refractivity (Wildman–Crippen MR) is 126 cm³/mol. The molecule has 0 radical (unpaired) electrons. The third-order valence-electron chi connectivity index (χ3n) is 5.44. The molecule has 0 bridgehead atoms. The molecule has 0 aromatic heterocycles. The van der Waals surface area contributed by atoms with Crippen molar-refractivity contribution in [2.24, 2.45) is 0 Å². The molecule has 0 rings (SSSR count). The van der Waals surface area contributed by atoms with Crippen molar-refractivity contribution in [3.8, 4) is 0 Å². The van der Waals surface area contributed by atoms with Gasteiger partial charge in [0.2, 0.25) is 0 Å². The summed E-state index contributed by atoms with van der Waals surface area (Å²) in [5.41, 5.74) is 3.82. The van der Waals surface area contributed by atoms with Gasteiger partial charge in [-0.2, -0.15) is 0 Å². The fourth-order valence-corrected chi connectivity index (χ4v) is 3.20. The average Bonchev–Trinajstić information content (AvgIpc) is 2.81. The molecular weight excluding hydrogens is 428 g/mol. The van der Waals surface area contributed by atoms with Crippen molar-refractivity contribution in [3.63, 3.8) is 0 Å². The van der Waals surface area contributed by atoms with E-state index in [9.17, 15) is 30.0 Å². The van der Waals surface area contributed by atoms with Crippen molar-refractivity contribution in [2.45, 2.75) is 128 Å². The van der Waals surface area contributed by atoms with Gasteiger partial charge in [-0.15, -0.1) is 0 Å². The van der Waals surface area contributed by atoms with E-state index in [0.29, 0.717) is 13.0 Å². The molecular formula is C24H50N2O7. The standard InChI is InChI=1S/C15H29NO7.C9H21N/c1-2-3-4-5-6-7-8-9-16-14(21)12(19)10(17)11(18)13(20)15(22)23;1-2-3-4-5-6-7-8-9-10/h10-13,17-20H,2-9H2,1H3,(H,16,21)(H,22,23);2-10H2,1H3/t10-,11-,12+,13-;/m1./s1. The Balaban J connectivity index is 0. The van der Waals surface area contributed by atoms with Gasteiger partial charge in [0.05, 0.1) is 12.5 Å². The van der Waals surface area contributed by atoms with Gasteiger partial charge in [0, 0.05) is 6.54 Å². The SMILES string of the molecule is CCCCCCCCCNC(=O)[C@@H](O)[C@H](O)[C@@H](O)[C@@H](O)C(=O)[O-].CCCCCCCCC[NH3+]. The van der Waals surface area contributed by atoms with E-state index in [1.807, 2.05) is 0 Å². The molecule has 0 aliphatic heterocycles. The van der Waals surface area contributed by atoms with Gasteiger partial charge >= 0.3 is 0 Å². The lowest BCUT2D eigenvalue weighted by atomic mass is 10.0. The third-order valence-corrected chi connectivity index (χ3v) is 5.44. The zero-order valence-electron chi connectivity index (χ0n) is 20.8. The smallest absolute Gasteiger partial charge is 0.251 e. The van der Waals surface area contributed by atoms with Gasteiger partial charge in [-0.3, -0.25) is 4.79 Å². The fraction of sp³-hybridized carbons (Fsp3) is 0.917. The number of amides is 1. The zero-order chi connectivity index (χ0) is 25.5. The van der Waals surface area contributed by atoms with E-state index in [2.05, 4.69) is 24.9 Å². The van der Waals surface area contributed by atoms with Gasteiger partial charge in [-0.25, -0.2) is 0 Å². The summed E-state index contributed by atoms with van der Waals surface area (Å²) in [5, 5.41) is 50.1. The lowest BCUT2D eigenvalue weighted by Crippen LogP contribution is -2.55. The van der Waals surface area contributed by atoms with Crippen LogP contribution in [0.2, 0.25) is 0 Å². The van der Waals surface area contributed by atoms with Crippen molar-refractivity contribution in [1.82, 2.24) is 5.32 Å². The lowest BCUT2D eigenvalue weighted by molar-refractivity contribution is -0.368. The Hall–Kier alpha value is -1.26. The number of rotatable bonds is 20. The molecule has 0 heterocycles. The van der Waals surface area contributed by atoms with Crippen LogP contribution in [0.3, 0.4) is 0 Å². The molecule has 0 aliphatic carbocycles. The minimum Gasteiger partial charge on any atom is -0.547 e. The zero-order valence-corrected chi connectivity index (χ0v) is 20.8. The number of aliphatic hydroxyl groups excluding tert-OH is 4. The highest BCUT2D eigenvalue weighted by Crippen LogP contribution is 2.08. The quantitative estimate of drug-likeness (QED) is 0.134. The van der Waals surface area contributed by atoms with Gasteiger partial charge in [0.1, 0.15) is 18.3 Å². The number of carbonyl (C=O) groups excluding carboxylic acids is 2. The Kier molecular flexibility index (Phi) is 24.5. The van der Waals surface area contributed by atoms with E-state index in [1.165, 1.54) is 64.2 Å². The summed E-state index contributed by atoms with van der Waals surface area (Å²) < 4.78 is 0. The summed E-state index contributed by atoms with van der Waals surface area (Å²) in [6.07, 6.45) is 8.42. The summed E-state index contributed by atoms with van der Waals surface area (Å²) in [4.78, 5) is 21.9. The Morgan fingerprint density at radius 3 is 1.52 bits per heavy atom. The number of aliphatic carboxylic acids is 1. The maximum atomic E-state index is 11.6. The van der Waals surface area contributed by atoms with E-state index in [0.717, 1.165) is 25.8 Å². The van der Waals surface area contributed by atoms with E-state index in [-0.39, 0.29) is 0 Å². The van der Waals surface area contributed by atoms with Crippen LogP contribution < -0.4 is 16.2 Å². The summed E-state index contributed by atoms with van der Waals surface area (Å²) in [5.74, 6) is -2.94. The summed E-state index contributed by atoms with van der Waals surface area (Å²) in [7, 11) is 0. The van der Waals surface area contributed by atoms with Crippen LogP contribution in [0, 0.1) is 0 Å². The second-order valence-corrected chi connectivity index (χ2v) is 8.58. The van der Waals surface area contributed by atoms with Crippen LogP contribution in [-0.4, -0.2) is 69.8 Å². The molecule has 0 spiro atoms. The summed E-state index contributed by atoms with van der Waals surface area (Å²) in [6, 6.07) is 0. The van der Waals surface area contributed by atoms with Crippen LogP contribution in [0.15, 0.2) is 0 Å². The first kappa shape index (κ1) is 33.9. The first-order chi connectivity index (χ1) is 15.7. The molecule has 0 unspecified atom stereocenters. The van der Waals surface area contributed by atoms with Gasteiger partial charge in [-0.1, -0.05) is 84.5 Å². The molecule has 0 aromatic carbocycles. The largest absolute Gasteiger partial charge is 0.547 e. The third kappa shape index (κ3) is 19.9. The monoisotopic (exact) mass is 478 g/mol. The first-order valence-electron chi connectivity index (χ1n) is 12.7. The van der Waals surface area contributed by atoms with Crippen molar-refractivity contribution in [3.05, 3.63) is 0 Å². The minimum atomic E-state index is -2.39. The molecule has 9 nitrogen and oxygen atoms in total. The van der Waals surface area contributed by atoms with E-state index in [1.54, 1.807) is 0 Å². The number of aliphatic hydroxyl groups is 4. The number of carboxylic acids is 1. The Morgan fingerprint density at radius 2 is 1.09 bits per heavy atom. The Morgan fingerprint density at radius 1 is 0.697 bits per heavy atom. The van der Waals surface area contributed by atoms with E-state index in [4.69, 9.17) is 5.11 Å². The minimum absolute atomic E-state index is 0.301. The molecule has 1 amide bonds. The van der Waals surface area contributed by atoms with Crippen LogP contribution in [-0.2, 0) is 9.59 Å². The van der Waals surface area contributed by atoms with Crippen molar-refractivity contribution in [2.75, 3.05) is 13.1 Å². The molecule has 0 aliphatic rings. The van der Waals surface area contributed by atoms with Gasteiger partial charge in [0.25, 0.3) is 5.91 Å². The molecule has 4 atom stereocenters. The van der Waals surface area contributed by atoms with Gasteiger partial charge in [0.15, 0.2) is 6.10 Å². The van der Waals surface area contributed by atoms with Crippen LogP contribution in [0.4, 0.5) is 0 Å². The molecule has 8 N–H and O–H groups in total. The van der Waals surface area contributed by atoms with Crippen molar-refractivity contribution < 1.29 is 40.9 Å². The molecule has 0 saturated heterocycles. The fourth-order valence-electron chi connectivity index (χ4n) is 3.20. The number of hydrogen-bond donors (Lipinski definition) is 6. The molecule has 0 fully saturated rings. The van der Waals surface area contributed by atoms with Crippen LogP contribution >= 0.6 is 0 Å². The maximum absolute atomic E-state index is 11.6. The topological polar surface area (TPSA) is 178 Å². The highest BCUT2D eigenvalue weighted by Gasteiger charge is 2.34. The van der Waals surface area contributed by atoms with Gasteiger partial charge in [-0.05, 0) is 19.3 Å². The number of unbranched alkanes of at least 4 members (excludes halogenated alkanes) is 12. The highest BCUT2D eigenvalue weighted by molar-refractivity contribution is 5.81. The predicted octanol–water partition coefficient (Wildman–Crippen LogP) is 0.0256.